The number of nitrogens with one attached hydrogen (secondary N) is 2. The van der Waals surface area contributed by atoms with Crippen molar-refractivity contribution >= 4 is 27.0 Å². The number of benzene rings is 2. The van der Waals surface area contributed by atoms with Gasteiger partial charge in [0.25, 0.3) is 0 Å². The summed E-state index contributed by atoms with van der Waals surface area (Å²) < 4.78 is 34.2. The van der Waals surface area contributed by atoms with Crippen molar-refractivity contribution in [2.45, 2.75) is 11.3 Å². The second-order valence-electron chi connectivity index (χ2n) is 6.70. The molecule has 2 heterocycles. The molecule has 10 heteroatoms. The van der Waals surface area contributed by atoms with E-state index in [0.717, 1.165) is 11.0 Å². The number of ether oxygens (including phenoxy) is 1. The maximum Gasteiger partial charge on any atom is 0.240 e. The molecule has 0 aliphatic heterocycles. The summed E-state index contributed by atoms with van der Waals surface area (Å²) >= 11 is 0. The molecule has 9 nitrogen and oxygen atoms in total. The average Bonchev–Trinajstić information content (AvgIpc) is 3.23. The number of rotatable bonds is 9. The van der Waals surface area contributed by atoms with Gasteiger partial charge in [-0.15, -0.1) is 0 Å². The second kappa shape index (κ2) is 9.11. The molecule has 160 valence electrons. The van der Waals surface area contributed by atoms with Gasteiger partial charge < -0.3 is 10.1 Å². The third-order valence-corrected chi connectivity index (χ3v) is 6.12. The van der Waals surface area contributed by atoms with Crippen molar-refractivity contribution in [3.8, 4) is 11.6 Å². The Balaban J connectivity index is 1.31. The lowest BCUT2D eigenvalue weighted by molar-refractivity contribution is 0.414. The van der Waals surface area contributed by atoms with Crippen LogP contribution in [0, 0.1) is 0 Å². The van der Waals surface area contributed by atoms with E-state index in [-0.39, 0.29) is 11.4 Å². The van der Waals surface area contributed by atoms with Gasteiger partial charge >= 0.3 is 0 Å². The average molecular weight is 439 g/mol. The summed E-state index contributed by atoms with van der Waals surface area (Å²) in [5, 5.41) is 3.13. The van der Waals surface area contributed by atoms with E-state index in [1.807, 2.05) is 34.9 Å². The van der Waals surface area contributed by atoms with Crippen molar-refractivity contribution in [2.24, 2.45) is 0 Å². The molecule has 0 bridgehead atoms. The molecule has 4 aromatic rings. The summed E-state index contributed by atoms with van der Waals surface area (Å²) in [5.41, 5.74) is 1.85. The summed E-state index contributed by atoms with van der Waals surface area (Å²) in [4.78, 5) is 13.3. The van der Waals surface area contributed by atoms with E-state index in [1.54, 1.807) is 24.7 Å². The van der Waals surface area contributed by atoms with Crippen LogP contribution in [0.5, 0.6) is 5.75 Å². The van der Waals surface area contributed by atoms with Crippen LogP contribution in [0.3, 0.4) is 0 Å². The van der Waals surface area contributed by atoms with E-state index in [4.69, 9.17) is 4.74 Å². The fourth-order valence-corrected chi connectivity index (χ4v) is 4.12. The Kier molecular flexibility index (Phi) is 6.10. The standard InChI is InChI=1S/C21H22N6O3S/c1-30-16-7-9-17(10-8-16)31(28,29)25-13-4-12-22-21-23-14-11-20(26-21)27-15-24-18-5-2-3-6-19(18)27/h2-3,5-11,14-15,25H,4,12-13H2,1H3,(H,22,23,26). The Morgan fingerprint density at radius 2 is 1.81 bits per heavy atom. The van der Waals surface area contributed by atoms with Crippen molar-refractivity contribution in [1.29, 1.82) is 0 Å². The zero-order valence-electron chi connectivity index (χ0n) is 16.9. The van der Waals surface area contributed by atoms with E-state index in [0.29, 0.717) is 30.5 Å². The van der Waals surface area contributed by atoms with Gasteiger partial charge in [-0.2, -0.15) is 4.98 Å². The number of para-hydroxylation sites is 2. The minimum absolute atomic E-state index is 0.199. The fourth-order valence-electron chi connectivity index (χ4n) is 3.04. The zero-order chi connectivity index (χ0) is 21.7. The predicted octanol–water partition coefficient (Wildman–Crippen LogP) is 2.60. The lowest BCUT2D eigenvalue weighted by Crippen LogP contribution is -2.26. The Hall–Kier alpha value is -3.50. The minimum Gasteiger partial charge on any atom is -0.497 e. The van der Waals surface area contributed by atoms with Crippen LogP contribution >= 0.6 is 0 Å². The topological polar surface area (TPSA) is 111 Å². The number of sulfonamides is 1. The summed E-state index contributed by atoms with van der Waals surface area (Å²) in [5.74, 6) is 1.77. The molecule has 0 amide bonds. The molecule has 0 saturated heterocycles. The Morgan fingerprint density at radius 3 is 2.61 bits per heavy atom. The molecule has 0 radical (unpaired) electrons. The molecule has 31 heavy (non-hydrogen) atoms. The molecular weight excluding hydrogens is 416 g/mol. The number of nitrogens with zero attached hydrogens (tertiary/aromatic N) is 4. The number of fused-ring (bicyclic) bond motifs is 1. The monoisotopic (exact) mass is 438 g/mol. The van der Waals surface area contributed by atoms with E-state index >= 15 is 0 Å². The largest absolute Gasteiger partial charge is 0.497 e. The second-order valence-corrected chi connectivity index (χ2v) is 8.46. The molecule has 0 saturated carbocycles. The quantitative estimate of drug-likeness (QED) is 0.386. The van der Waals surface area contributed by atoms with Gasteiger partial charge in [-0.1, -0.05) is 12.1 Å². The van der Waals surface area contributed by atoms with E-state index in [1.165, 1.54) is 19.2 Å². The summed E-state index contributed by atoms with van der Waals surface area (Å²) in [6.07, 6.45) is 3.97. The summed E-state index contributed by atoms with van der Waals surface area (Å²) in [6.45, 7) is 0.798. The van der Waals surface area contributed by atoms with E-state index in [9.17, 15) is 8.42 Å². The summed E-state index contributed by atoms with van der Waals surface area (Å²) in [6, 6.07) is 15.9. The van der Waals surface area contributed by atoms with Crippen LogP contribution in [0.2, 0.25) is 0 Å². The first kappa shape index (κ1) is 20.8. The molecule has 2 aromatic carbocycles. The zero-order valence-corrected chi connectivity index (χ0v) is 17.7. The molecular formula is C21H22N6O3S. The number of methoxy groups -OCH3 is 1. The number of hydrogen-bond acceptors (Lipinski definition) is 7. The molecule has 2 N–H and O–H groups in total. The van der Waals surface area contributed by atoms with E-state index in [2.05, 4.69) is 25.0 Å². The van der Waals surface area contributed by atoms with Gasteiger partial charge in [-0.05, 0) is 48.9 Å². The van der Waals surface area contributed by atoms with Gasteiger partial charge in [0.15, 0.2) is 0 Å². The van der Waals surface area contributed by atoms with Gasteiger partial charge in [-0.25, -0.2) is 23.1 Å². The van der Waals surface area contributed by atoms with Crippen LogP contribution in [-0.4, -0.2) is 48.1 Å². The molecule has 0 unspecified atom stereocenters. The van der Waals surface area contributed by atoms with Crippen LogP contribution in [0.1, 0.15) is 6.42 Å². The third-order valence-electron chi connectivity index (χ3n) is 4.64. The molecule has 0 fully saturated rings. The van der Waals surface area contributed by atoms with Gasteiger partial charge in [0.05, 0.1) is 23.0 Å². The molecule has 0 aliphatic carbocycles. The summed E-state index contributed by atoms with van der Waals surface area (Å²) in [7, 11) is -2.03. The van der Waals surface area contributed by atoms with Gasteiger partial charge in [0, 0.05) is 19.3 Å². The SMILES string of the molecule is COc1ccc(S(=O)(=O)NCCCNc2nccc(-n3cnc4ccccc43)n2)cc1. The highest BCUT2D eigenvalue weighted by Crippen LogP contribution is 2.17. The fraction of sp³-hybridized carbons (Fsp3) is 0.190. The predicted molar refractivity (Wildman–Crippen MR) is 118 cm³/mol. The molecule has 0 aliphatic rings. The lowest BCUT2D eigenvalue weighted by Gasteiger charge is -2.09. The highest BCUT2D eigenvalue weighted by atomic mass is 32.2. The van der Waals surface area contributed by atoms with Crippen LogP contribution in [0.15, 0.2) is 72.0 Å². The van der Waals surface area contributed by atoms with Gasteiger partial charge in [-0.3, -0.25) is 4.57 Å². The first-order valence-corrected chi connectivity index (χ1v) is 11.2. The Labute approximate surface area is 180 Å². The van der Waals surface area contributed by atoms with Gasteiger partial charge in [0.2, 0.25) is 16.0 Å². The Bertz CT molecular complexity index is 1270. The number of aromatic nitrogens is 4. The van der Waals surface area contributed by atoms with Gasteiger partial charge in [0.1, 0.15) is 17.9 Å². The smallest absolute Gasteiger partial charge is 0.240 e. The van der Waals surface area contributed by atoms with Crippen molar-refractivity contribution in [2.75, 3.05) is 25.5 Å². The lowest BCUT2D eigenvalue weighted by atomic mass is 10.3. The van der Waals surface area contributed by atoms with Crippen LogP contribution in [-0.2, 0) is 10.0 Å². The molecule has 2 aromatic heterocycles. The first-order valence-electron chi connectivity index (χ1n) is 9.70. The Morgan fingerprint density at radius 1 is 1.00 bits per heavy atom. The molecule has 0 atom stereocenters. The number of anilines is 1. The van der Waals surface area contributed by atoms with Crippen molar-refractivity contribution in [1.82, 2.24) is 24.2 Å². The highest BCUT2D eigenvalue weighted by molar-refractivity contribution is 7.89. The maximum absolute atomic E-state index is 12.3. The van der Waals surface area contributed by atoms with E-state index < -0.39 is 10.0 Å². The van der Waals surface area contributed by atoms with Crippen molar-refractivity contribution < 1.29 is 13.2 Å². The third kappa shape index (κ3) is 4.81. The maximum atomic E-state index is 12.3. The number of imidazole rings is 1. The normalized spacial score (nSPS) is 11.5. The molecule has 4 rings (SSSR count). The highest BCUT2D eigenvalue weighted by Gasteiger charge is 2.13. The van der Waals surface area contributed by atoms with Crippen LogP contribution in [0.4, 0.5) is 5.95 Å². The van der Waals surface area contributed by atoms with Crippen LogP contribution < -0.4 is 14.8 Å². The number of hydrogen-bond donors (Lipinski definition) is 2. The minimum atomic E-state index is -3.56. The van der Waals surface area contributed by atoms with Crippen LogP contribution in [0.25, 0.3) is 16.9 Å². The first-order chi connectivity index (χ1) is 15.1. The van der Waals surface area contributed by atoms with Crippen molar-refractivity contribution in [3.05, 3.63) is 67.1 Å². The molecule has 0 spiro atoms. The van der Waals surface area contributed by atoms with Crippen molar-refractivity contribution in [3.63, 3.8) is 0 Å².